The van der Waals surface area contributed by atoms with Gasteiger partial charge >= 0.3 is 11.9 Å². The molecule has 30 heavy (non-hydrogen) atoms. The molecular weight excluding hydrogens is 396 g/mol. The fourth-order valence-corrected chi connectivity index (χ4v) is 1.41. The topological polar surface area (TPSA) is 143 Å². The van der Waals surface area contributed by atoms with E-state index in [2.05, 4.69) is 41.3 Å². The normalized spacial score (nSPS) is 9.97. The van der Waals surface area contributed by atoms with Crippen LogP contribution in [0.5, 0.6) is 0 Å². The first-order chi connectivity index (χ1) is 14.1. The Labute approximate surface area is 175 Å². The molecule has 0 bridgehead atoms. The van der Waals surface area contributed by atoms with E-state index in [9.17, 15) is 9.59 Å². The van der Waals surface area contributed by atoms with Crippen LogP contribution >= 0.6 is 0 Å². The van der Waals surface area contributed by atoms with Crippen molar-refractivity contribution < 1.29 is 28.5 Å². The third-order valence-corrected chi connectivity index (χ3v) is 3.23. The molecule has 0 atom stereocenters. The quantitative estimate of drug-likeness (QED) is 0.515. The predicted octanol–water partition coefficient (Wildman–Crippen LogP) is 1.94. The van der Waals surface area contributed by atoms with Crippen molar-refractivity contribution in [2.75, 3.05) is 27.4 Å². The fourth-order valence-electron chi connectivity index (χ4n) is 1.41. The lowest BCUT2D eigenvalue weighted by molar-refractivity contribution is -0.0553. The van der Waals surface area contributed by atoms with Crippen LogP contribution in [0.2, 0.25) is 0 Å². The first-order valence-corrected chi connectivity index (χ1v) is 8.99. The summed E-state index contributed by atoms with van der Waals surface area (Å²) in [6.45, 7) is 13.0. The smallest absolute Gasteiger partial charge is 0.378 e. The summed E-state index contributed by atoms with van der Waals surface area (Å²) in [7, 11) is 3.16. The number of esters is 2. The molecule has 168 valence electrons. The zero-order valence-electron chi connectivity index (χ0n) is 18.5. The van der Waals surface area contributed by atoms with Gasteiger partial charge in [-0.15, -0.1) is 5.10 Å². The maximum Gasteiger partial charge on any atom is 0.378 e. The van der Waals surface area contributed by atoms with Gasteiger partial charge in [-0.2, -0.15) is 5.10 Å². The highest BCUT2D eigenvalue weighted by molar-refractivity contribution is 5.85. The zero-order chi connectivity index (χ0) is 23.2. The van der Waals surface area contributed by atoms with Crippen LogP contribution in [0.3, 0.4) is 0 Å². The molecule has 2 rings (SSSR count). The number of aromatic amines is 1. The first-order valence-electron chi connectivity index (χ1n) is 8.99. The number of carbonyl (C=O) groups excluding carboxylic acids is 2. The molecule has 0 aromatic carbocycles. The number of nitrogens with one attached hydrogen (secondary N) is 1. The number of carbonyl (C=O) groups is 2. The van der Waals surface area contributed by atoms with Gasteiger partial charge in [-0.25, -0.2) is 24.2 Å². The number of methoxy groups -OCH3 is 2. The molecule has 0 unspecified atom stereocenters. The SMILES string of the molecule is C=C(C)OC.CCOC(=O)c1ncn(C(C)(C)OC)n1.CCOC(=O)c1ncn[nH]1. The average molecular weight is 426 g/mol. The molecule has 2 aromatic rings. The van der Waals surface area contributed by atoms with Crippen LogP contribution in [0.15, 0.2) is 25.0 Å². The van der Waals surface area contributed by atoms with Gasteiger partial charge in [0.25, 0.3) is 5.82 Å². The van der Waals surface area contributed by atoms with E-state index in [1.54, 1.807) is 35.0 Å². The van der Waals surface area contributed by atoms with Gasteiger partial charge in [-0.05, 0) is 34.6 Å². The third-order valence-electron chi connectivity index (χ3n) is 3.23. The lowest BCUT2D eigenvalue weighted by atomic mass is 10.3. The maximum atomic E-state index is 11.3. The minimum absolute atomic E-state index is 0.0435. The van der Waals surface area contributed by atoms with Crippen LogP contribution in [0.1, 0.15) is 55.9 Å². The zero-order valence-corrected chi connectivity index (χ0v) is 18.5. The van der Waals surface area contributed by atoms with E-state index in [1.807, 2.05) is 13.8 Å². The molecule has 0 saturated carbocycles. The van der Waals surface area contributed by atoms with Crippen LogP contribution in [-0.4, -0.2) is 69.3 Å². The number of hydrogen-bond donors (Lipinski definition) is 1. The van der Waals surface area contributed by atoms with E-state index in [-0.39, 0.29) is 11.6 Å². The Morgan fingerprint density at radius 2 is 1.70 bits per heavy atom. The van der Waals surface area contributed by atoms with E-state index in [0.29, 0.717) is 13.2 Å². The van der Waals surface area contributed by atoms with Crippen molar-refractivity contribution in [1.29, 1.82) is 0 Å². The lowest BCUT2D eigenvalue weighted by Crippen LogP contribution is -2.29. The highest BCUT2D eigenvalue weighted by atomic mass is 16.5. The van der Waals surface area contributed by atoms with Crippen LogP contribution in [0, 0.1) is 0 Å². The number of nitrogens with zero attached hydrogens (tertiary/aromatic N) is 5. The monoisotopic (exact) mass is 426 g/mol. The third kappa shape index (κ3) is 9.78. The summed E-state index contributed by atoms with van der Waals surface area (Å²) in [5.74, 6) is -0.0584. The Hall–Kier alpha value is -3.28. The number of rotatable bonds is 7. The second kappa shape index (κ2) is 13.8. The Bertz CT molecular complexity index is 772. The molecule has 0 saturated heterocycles. The highest BCUT2D eigenvalue weighted by Crippen LogP contribution is 2.13. The van der Waals surface area contributed by atoms with Crippen LogP contribution in [-0.2, 0) is 24.7 Å². The lowest BCUT2D eigenvalue weighted by Gasteiger charge is -2.22. The molecule has 0 radical (unpaired) electrons. The second-order valence-corrected chi connectivity index (χ2v) is 5.84. The maximum absolute atomic E-state index is 11.3. The van der Waals surface area contributed by atoms with Crippen LogP contribution in [0.4, 0.5) is 0 Å². The predicted molar refractivity (Wildman–Crippen MR) is 106 cm³/mol. The summed E-state index contributed by atoms with van der Waals surface area (Å²) in [4.78, 5) is 29.5. The summed E-state index contributed by atoms with van der Waals surface area (Å²) in [5.41, 5.74) is -0.627. The molecule has 1 N–H and O–H groups in total. The van der Waals surface area contributed by atoms with Gasteiger partial charge in [-0.3, -0.25) is 5.10 Å². The minimum atomic E-state index is -0.627. The molecular formula is C18H30N6O6. The van der Waals surface area contributed by atoms with Crippen LogP contribution < -0.4 is 0 Å². The molecule has 0 fully saturated rings. The molecule has 0 aliphatic carbocycles. The van der Waals surface area contributed by atoms with Gasteiger partial charge in [0.2, 0.25) is 5.82 Å². The Kier molecular flexibility index (Phi) is 12.3. The van der Waals surface area contributed by atoms with E-state index in [1.165, 1.54) is 17.3 Å². The molecule has 0 aliphatic rings. The number of aromatic nitrogens is 6. The Morgan fingerprint density at radius 1 is 1.13 bits per heavy atom. The van der Waals surface area contributed by atoms with Crippen molar-refractivity contribution in [3.63, 3.8) is 0 Å². The summed E-state index contributed by atoms with van der Waals surface area (Å²) in [6.07, 6.45) is 2.70. The minimum Gasteiger partial charge on any atom is -0.502 e. The van der Waals surface area contributed by atoms with Gasteiger partial charge in [0, 0.05) is 7.11 Å². The average Bonchev–Trinajstić information content (AvgIpc) is 3.42. The number of H-pyrrole nitrogens is 1. The van der Waals surface area contributed by atoms with E-state index < -0.39 is 17.7 Å². The van der Waals surface area contributed by atoms with E-state index in [4.69, 9.17) is 9.47 Å². The summed E-state index contributed by atoms with van der Waals surface area (Å²) in [6, 6.07) is 0. The molecule has 0 spiro atoms. The second-order valence-electron chi connectivity index (χ2n) is 5.84. The highest BCUT2D eigenvalue weighted by Gasteiger charge is 2.22. The molecule has 12 nitrogen and oxygen atoms in total. The largest absolute Gasteiger partial charge is 0.502 e. The standard InChI is InChI=1S/C9H15N3O3.C5H7N3O2.C4H8O/c1-5-15-8(13)7-10-6-12(11-7)9(2,3)14-4;1-2-10-5(9)4-6-3-7-8-4;1-4(2)5-3/h6H,5H2,1-4H3;3H,2H2,1H3,(H,6,7,8);1H2,2-3H3. The van der Waals surface area contributed by atoms with Crippen molar-refractivity contribution in [3.05, 3.63) is 36.6 Å². The van der Waals surface area contributed by atoms with Crippen molar-refractivity contribution >= 4 is 11.9 Å². The summed E-state index contributed by atoms with van der Waals surface area (Å²) >= 11 is 0. The molecule has 12 heteroatoms. The van der Waals surface area contributed by atoms with Crippen molar-refractivity contribution in [2.45, 2.75) is 40.3 Å². The van der Waals surface area contributed by atoms with Gasteiger partial charge < -0.3 is 18.9 Å². The molecule has 2 heterocycles. The molecule has 0 amide bonds. The van der Waals surface area contributed by atoms with Gasteiger partial charge in [0.15, 0.2) is 5.72 Å². The van der Waals surface area contributed by atoms with Crippen molar-refractivity contribution in [1.82, 2.24) is 29.9 Å². The Morgan fingerprint density at radius 3 is 2.13 bits per heavy atom. The molecule has 0 aliphatic heterocycles. The number of allylic oxidation sites excluding steroid dienone is 1. The summed E-state index contributed by atoms with van der Waals surface area (Å²) < 4.78 is 20.6. The van der Waals surface area contributed by atoms with Gasteiger partial charge in [-0.1, -0.05) is 6.58 Å². The summed E-state index contributed by atoms with van der Waals surface area (Å²) in [5, 5.41) is 9.85. The number of hydrogen-bond acceptors (Lipinski definition) is 10. The van der Waals surface area contributed by atoms with Crippen molar-refractivity contribution in [3.8, 4) is 0 Å². The number of ether oxygens (including phenoxy) is 4. The van der Waals surface area contributed by atoms with Crippen molar-refractivity contribution in [2.24, 2.45) is 0 Å². The van der Waals surface area contributed by atoms with Gasteiger partial charge in [0.05, 0.1) is 26.1 Å². The van der Waals surface area contributed by atoms with E-state index in [0.717, 1.165) is 5.76 Å². The Balaban J connectivity index is 0.000000481. The van der Waals surface area contributed by atoms with Gasteiger partial charge in [0.1, 0.15) is 12.7 Å². The fraction of sp³-hybridized carbons (Fsp3) is 0.556. The van der Waals surface area contributed by atoms with Crippen LogP contribution in [0.25, 0.3) is 0 Å². The molecule has 2 aromatic heterocycles. The first kappa shape index (κ1) is 26.7. The van der Waals surface area contributed by atoms with E-state index >= 15 is 0 Å².